The Bertz CT molecular complexity index is 720. The summed E-state index contributed by atoms with van der Waals surface area (Å²) in [4.78, 5) is 27.3. The summed E-state index contributed by atoms with van der Waals surface area (Å²) in [6, 6.07) is 7.85. The highest BCUT2D eigenvalue weighted by atomic mass is 32.1. The maximum Gasteiger partial charge on any atom is 0.306 e. The maximum absolute atomic E-state index is 12.1. The first-order valence-corrected chi connectivity index (χ1v) is 7.97. The van der Waals surface area contributed by atoms with Gasteiger partial charge < -0.3 is 10.4 Å². The van der Waals surface area contributed by atoms with Gasteiger partial charge in [-0.1, -0.05) is 24.3 Å². The van der Waals surface area contributed by atoms with Gasteiger partial charge in [0.2, 0.25) is 0 Å². The minimum atomic E-state index is -0.791. The van der Waals surface area contributed by atoms with Gasteiger partial charge >= 0.3 is 5.97 Å². The molecule has 1 amide bonds. The van der Waals surface area contributed by atoms with E-state index in [4.69, 9.17) is 5.11 Å². The first-order chi connectivity index (χ1) is 10.5. The first kappa shape index (κ1) is 14.7. The number of aromatic nitrogens is 1. The molecular weight excluding hydrogens is 300 g/mol. The number of carbonyl (C=O) groups is 2. The van der Waals surface area contributed by atoms with Gasteiger partial charge in [0.1, 0.15) is 10.7 Å². The second-order valence-electron chi connectivity index (χ2n) is 5.53. The Labute approximate surface area is 132 Å². The third-order valence-electron chi connectivity index (χ3n) is 3.93. The molecule has 1 saturated carbocycles. The van der Waals surface area contributed by atoms with Crippen LogP contribution < -0.4 is 5.32 Å². The first-order valence-electron chi connectivity index (χ1n) is 7.10. The Balaban J connectivity index is 1.66. The van der Waals surface area contributed by atoms with Crippen molar-refractivity contribution in [2.45, 2.75) is 25.8 Å². The van der Waals surface area contributed by atoms with Crippen molar-refractivity contribution < 1.29 is 14.7 Å². The molecule has 1 aromatic heterocycles. The highest BCUT2D eigenvalue weighted by Crippen LogP contribution is 2.29. The van der Waals surface area contributed by atoms with Gasteiger partial charge in [0.05, 0.1) is 5.92 Å². The molecule has 0 saturated heterocycles. The number of nitrogens with zero attached hydrogens (tertiary/aromatic N) is 1. The molecule has 5 nitrogen and oxygen atoms in total. The number of thiazole rings is 1. The lowest BCUT2D eigenvalue weighted by Gasteiger charge is -2.32. The monoisotopic (exact) mass is 316 g/mol. The molecule has 0 spiro atoms. The second-order valence-corrected chi connectivity index (χ2v) is 6.39. The van der Waals surface area contributed by atoms with Gasteiger partial charge in [0.15, 0.2) is 0 Å². The fraction of sp³-hybridized carbons (Fsp3) is 0.312. The number of nitrogens with one attached hydrogen (secondary N) is 1. The largest absolute Gasteiger partial charge is 0.481 e. The van der Waals surface area contributed by atoms with E-state index in [0.29, 0.717) is 18.5 Å². The van der Waals surface area contributed by atoms with Crippen molar-refractivity contribution in [3.05, 3.63) is 40.9 Å². The number of aliphatic carboxylic acids is 1. The molecule has 1 aliphatic carbocycles. The van der Waals surface area contributed by atoms with Gasteiger partial charge in [0, 0.05) is 17.0 Å². The van der Waals surface area contributed by atoms with Crippen LogP contribution in [0.4, 0.5) is 0 Å². The van der Waals surface area contributed by atoms with Crippen molar-refractivity contribution in [2.75, 3.05) is 0 Å². The molecule has 0 unspecified atom stereocenters. The average molecular weight is 316 g/mol. The molecule has 0 radical (unpaired) electrons. The van der Waals surface area contributed by atoms with Crippen LogP contribution >= 0.6 is 11.3 Å². The van der Waals surface area contributed by atoms with Crippen molar-refractivity contribution in [3.63, 3.8) is 0 Å². The van der Waals surface area contributed by atoms with Crippen LogP contribution in [0.25, 0.3) is 10.6 Å². The van der Waals surface area contributed by atoms with Gasteiger partial charge in [-0.15, -0.1) is 11.3 Å². The fourth-order valence-corrected chi connectivity index (χ4v) is 3.40. The number of amides is 1. The Morgan fingerprint density at radius 1 is 1.32 bits per heavy atom. The normalized spacial score (nSPS) is 20.2. The molecule has 114 valence electrons. The van der Waals surface area contributed by atoms with E-state index < -0.39 is 5.97 Å². The lowest BCUT2D eigenvalue weighted by molar-refractivity contribution is -0.145. The number of carbonyl (C=O) groups excluding carboxylic acids is 1. The SMILES string of the molecule is Cc1ccccc1-c1nc(C(=O)NC2CC(C(=O)O)C2)cs1. The van der Waals surface area contributed by atoms with E-state index in [9.17, 15) is 9.59 Å². The zero-order chi connectivity index (χ0) is 15.7. The Morgan fingerprint density at radius 2 is 2.05 bits per heavy atom. The summed E-state index contributed by atoms with van der Waals surface area (Å²) in [7, 11) is 0. The Hall–Kier alpha value is -2.21. The molecule has 6 heteroatoms. The number of hydrogen-bond donors (Lipinski definition) is 2. The van der Waals surface area contributed by atoms with Crippen LogP contribution in [0, 0.1) is 12.8 Å². The quantitative estimate of drug-likeness (QED) is 0.909. The number of aryl methyl sites for hydroxylation is 1. The van der Waals surface area contributed by atoms with Crippen molar-refractivity contribution in [1.29, 1.82) is 0 Å². The van der Waals surface area contributed by atoms with Crippen molar-refractivity contribution in [1.82, 2.24) is 10.3 Å². The lowest BCUT2D eigenvalue weighted by atomic mass is 9.80. The zero-order valence-electron chi connectivity index (χ0n) is 12.1. The van der Waals surface area contributed by atoms with E-state index in [1.807, 2.05) is 31.2 Å². The van der Waals surface area contributed by atoms with Crippen LogP contribution in [0.2, 0.25) is 0 Å². The molecule has 1 aromatic carbocycles. The molecule has 22 heavy (non-hydrogen) atoms. The minimum Gasteiger partial charge on any atom is -0.481 e. The van der Waals surface area contributed by atoms with E-state index in [-0.39, 0.29) is 17.9 Å². The molecule has 0 bridgehead atoms. The second kappa shape index (κ2) is 5.88. The summed E-state index contributed by atoms with van der Waals surface area (Å²) in [5.74, 6) is -1.35. The highest BCUT2D eigenvalue weighted by Gasteiger charge is 2.35. The van der Waals surface area contributed by atoms with E-state index in [1.54, 1.807) is 5.38 Å². The highest BCUT2D eigenvalue weighted by molar-refractivity contribution is 7.13. The molecule has 2 aromatic rings. The molecule has 3 rings (SSSR count). The minimum absolute atomic E-state index is 0.0581. The molecule has 1 aliphatic rings. The van der Waals surface area contributed by atoms with Gasteiger partial charge in [-0.25, -0.2) is 4.98 Å². The van der Waals surface area contributed by atoms with Crippen LogP contribution in [0.3, 0.4) is 0 Å². The topological polar surface area (TPSA) is 79.3 Å². The van der Waals surface area contributed by atoms with E-state index >= 15 is 0 Å². The summed E-state index contributed by atoms with van der Waals surface area (Å²) < 4.78 is 0. The number of hydrogen-bond acceptors (Lipinski definition) is 4. The number of benzene rings is 1. The van der Waals surface area contributed by atoms with Crippen molar-refractivity contribution in [3.8, 4) is 10.6 Å². The van der Waals surface area contributed by atoms with Crippen LogP contribution in [0.15, 0.2) is 29.6 Å². The average Bonchev–Trinajstić information content (AvgIpc) is 2.91. The predicted molar refractivity (Wildman–Crippen MR) is 83.9 cm³/mol. The zero-order valence-corrected chi connectivity index (χ0v) is 12.9. The maximum atomic E-state index is 12.1. The summed E-state index contributed by atoms with van der Waals surface area (Å²) in [5.41, 5.74) is 2.54. The predicted octanol–water partition coefficient (Wildman–Crippen LogP) is 2.71. The Kier molecular flexibility index (Phi) is 3.94. The van der Waals surface area contributed by atoms with Crippen LogP contribution in [0.5, 0.6) is 0 Å². The molecule has 1 heterocycles. The summed E-state index contributed by atoms with van der Waals surface area (Å²) >= 11 is 1.44. The van der Waals surface area contributed by atoms with Gasteiger partial charge in [0.25, 0.3) is 5.91 Å². The molecular formula is C16H16N2O3S. The van der Waals surface area contributed by atoms with Crippen LogP contribution in [-0.2, 0) is 4.79 Å². The van der Waals surface area contributed by atoms with Gasteiger partial charge in [-0.05, 0) is 25.3 Å². The number of carboxylic acids is 1. The van der Waals surface area contributed by atoms with Crippen molar-refractivity contribution >= 4 is 23.2 Å². The lowest BCUT2D eigenvalue weighted by Crippen LogP contribution is -2.46. The Morgan fingerprint density at radius 3 is 2.73 bits per heavy atom. The van der Waals surface area contributed by atoms with Gasteiger partial charge in [-0.3, -0.25) is 9.59 Å². The third kappa shape index (κ3) is 2.87. The molecule has 0 atom stereocenters. The smallest absolute Gasteiger partial charge is 0.306 e. The standard InChI is InChI=1S/C16H16N2O3S/c1-9-4-2-3-5-12(9)15-18-13(8-22-15)14(19)17-11-6-10(7-11)16(20)21/h2-5,8,10-11H,6-7H2,1H3,(H,17,19)(H,20,21). The molecule has 0 aliphatic heterocycles. The van der Waals surface area contributed by atoms with Crippen LogP contribution in [-0.4, -0.2) is 28.0 Å². The molecule has 1 fully saturated rings. The summed E-state index contributed by atoms with van der Waals surface area (Å²) in [6.07, 6.45) is 0.992. The van der Waals surface area contributed by atoms with Crippen LogP contribution in [0.1, 0.15) is 28.9 Å². The van der Waals surface area contributed by atoms with Crippen molar-refractivity contribution in [2.24, 2.45) is 5.92 Å². The third-order valence-corrected chi connectivity index (χ3v) is 4.81. The summed E-state index contributed by atoms with van der Waals surface area (Å²) in [5, 5.41) is 14.2. The number of rotatable bonds is 4. The molecule has 2 N–H and O–H groups in total. The fourth-order valence-electron chi connectivity index (χ4n) is 2.51. The van der Waals surface area contributed by atoms with E-state index in [2.05, 4.69) is 10.3 Å². The number of carboxylic acid groups (broad SMARTS) is 1. The van der Waals surface area contributed by atoms with E-state index in [1.165, 1.54) is 11.3 Å². The van der Waals surface area contributed by atoms with Gasteiger partial charge in [-0.2, -0.15) is 0 Å². The van der Waals surface area contributed by atoms with E-state index in [0.717, 1.165) is 16.1 Å². The summed E-state index contributed by atoms with van der Waals surface area (Å²) in [6.45, 7) is 2.01.